The van der Waals surface area contributed by atoms with Gasteiger partial charge in [0.05, 0.1) is 11.7 Å². The lowest BCUT2D eigenvalue weighted by Gasteiger charge is -2.01. The molecule has 0 N–H and O–H groups in total. The summed E-state index contributed by atoms with van der Waals surface area (Å²) < 4.78 is 3.68. The van der Waals surface area contributed by atoms with Gasteiger partial charge in [-0.25, -0.2) is 9.36 Å². The van der Waals surface area contributed by atoms with Crippen LogP contribution >= 0.6 is 15.9 Å². The van der Waals surface area contributed by atoms with Crippen molar-refractivity contribution in [2.24, 2.45) is 0 Å². The number of alkyl halides is 1. The summed E-state index contributed by atoms with van der Waals surface area (Å²) in [5.41, 5.74) is 0.979. The van der Waals surface area contributed by atoms with Gasteiger partial charge in [0.2, 0.25) is 0 Å². The summed E-state index contributed by atoms with van der Waals surface area (Å²) in [5, 5.41) is 20.8. The van der Waals surface area contributed by atoms with Gasteiger partial charge in [0.15, 0.2) is 5.82 Å². The summed E-state index contributed by atoms with van der Waals surface area (Å²) in [7, 11) is 0. The Morgan fingerprint density at radius 2 is 2.18 bits per heavy atom. The first-order chi connectivity index (χ1) is 8.36. The van der Waals surface area contributed by atoms with Crippen molar-refractivity contribution in [1.82, 2.24) is 35.2 Å². The second-order valence-electron chi connectivity index (χ2n) is 4.12. The van der Waals surface area contributed by atoms with Crippen molar-refractivity contribution in [3.8, 4) is 0 Å². The van der Waals surface area contributed by atoms with Crippen LogP contribution in [0.2, 0.25) is 0 Å². The van der Waals surface area contributed by atoms with Crippen LogP contribution in [-0.4, -0.2) is 40.5 Å². The van der Waals surface area contributed by atoms with Crippen LogP contribution in [0.3, 0.4) is 0 Å². The molecule has 8 heteroatoms. The Morgan fingerprint density at radius 3 is 2.94 bits per heavy atom. The molecule has 0 spiro atoms. The lowest BCUT2D eigenvalue weighted by Crippen LogP contribution is -2.09. The van der Waals surface area contributed by atoms with Crippen molar-refractivity contribution in [2.45, 2.75) is 31.8 Å². The molecule has 2 aromatic heterocycles. The van der Waals surface area contributed by atoms with E-state index in [0.717, 1.165) is 23.3 Å². The molecule has 3 rings (SSSR count). The molecule has 2 aromatic rings. The van der Waals surface area contributed by atoms with E-state index in [1.165, 1.54) is 12.8 Å². The highest BCUT2D eigenvalue weighted by molar-refractivity contribution is 9.09. The molecule has 0 aliphatic heterocycles. The quantitative estimate of drug-likeness (QED) is 0.755. The standard InChI is InChI=1S/C9H12BrN7/c10-4-3-7-5-16(14-11-7)6-9-12-13-15-17(9)8-1-2-8/h5,8H,1-4,6H2. The van der Waals surface area contributed by atoms with Crippen LogP contribution in [0.25, 0.3) is 0 Å². The number of aromatic nitrogens is 7. The van der Waals surface area contributed by atoms with Crippen LogP contribution in [0.5, 0.6) is 0 Å². The van der Waals surface area contributed by atoms with E-state index < -0.39 is 0 Å². The maximum atomic E-state index is 4.08. The van der Waals surface area contributed by atoms with Crippen LogP contribution < -0.4 is 0 Å². The fourth-order valence-corrected chi connectivity index (χ4v) is 2.10. The number of nitrogens with zero attached hydrogens (tertiary/aromatic N) is 7. The highest BCUT2D eigenvalue weighted by atomic mass is 79.9. The molecule has 0 bridgehead atoms. The van der Waals surface area contributed by atoms with Crippen LogP contribution in [0.15, 0.2) is 6.20 Å². The molecule has 0 radical (unpaired) electrons. The lowest BCUT2D eigenvalue weighted by molar-refractivity contribution is 0.543. The first-order valence-corrected chi connectivity index (χ1v) is 6.70. The Morgan fingerprint density at radius 1 is 1.29 bits per heavy atom. The number of tetrazole rings is 1. The highest BCUT2D eigenvalue weighted by Gasteiger charge is 2.27. The van der Waals surface area contributed by atoms with Gasteiger partial charge in [0.25, 0.3) is 0 Å². The van der Waals surface area contributed by atoms with Gasteiger partial charge in [-0.05, 0) is 23.3 Å². The molecular weight excluding hydrogens is 286 g/mol. The van der Waals surface area contributed by atoms with Crippen LogP contribution in [0, 0.1) is 0 Å². The molecule has 0 saturated heterocycles. The van der Waals surface area contributed by atoms with Crippen molar-refractivity contribution in [1.29, 1.82) is 0 Å². The summed E-state index contributed by atoms with van der Waals surface area (Å²) in [6.07, 6.45) is 5.16. The van der Waals surface area contributed by atoms with Crippen LogP contribution in [0.4, 0.5) is 0 Å². The molecule has 7 nitrogen and oxygen atoms in total. The summed E-state index contributed by atoms with van der Waals surface area (Å²) in [5.74, 6) is 0.850. The van der Waals surface area contributed by atoms with E-state index in [4.69, 9.17) is 0 Å². The topological polar surface area (TPSA) is 74.3 Å². The third-order valence-electron chi connectivity index (χ3n) is 2.69. The molecule has 17 heavy (non-hydrogen) atoms. The molecule has 90 valence electrons. The first kappa shape index (κ1) is 10.8. The SMILES string of the molecule is BrCCc1cn(Cc2nnnn2C2CC2)nn1. The summed E-state index contributed by atoms with van der Waals surface area (Å²) >= 11 is 3.38. The van der Waals surface area contributed by atoms with Gasteiger partial charge in [-0.1, -0.05) is 21.1 Å². The van der Waals surface area contributed by atoms with E-state index in [9.17, 15) is 0 Å². The van der Waals surface area contributed by atoms with Crippen LogP contribution in [-0.2, 0) is 13.0 Å². The number of hydrogen-bond acceptors (Lipinski definition) is 5. The number of rotatable bonds is 5. The molecule has 1 aliphatic rings. The minimum Gasteiger partial charge on any atom is -0.245 e. The maximum absolute atomic E-state index is 4.08. The van der Waals surface area contributed by atoms with E-state index >= 15 is 0 Å². The van der Waals surface area contributed by atoms with Gasteiger partial charge >= 0.3 is 0 Å². The van der Waals surface area contributed by atoms with E-state index in [1.54, 1.807) is 4.68 Å². The van der Waals surface area contributed by atoms with E-state index in [2.05, 4.69) is 41.8 Å². The van der Waals surface area contributed by atoms with Crippen molar-refractivity contribution in [3.63, 3.8) is 0 Å². The highest BCUT2D eigenvalue weighted by Crippen LogP contribution is 2.34. The van der Waals surface area contributed by atoms with Gasteiger partial charge in [-0.15, -0.1) is 10.2 Å². The molecule has 1 aliphatic carbocycles. The van der Waals surface area contributed by atoms with E-state index in [0.29, 0.717) is 12.6 Å². The fourth-order valence-electron chi connectivity index (χ4n) is 1.69. The van der Waals surface area contributed by atoms with Gasteiger partial charge in [-0.3, -0.25) is 0 Å². The van der Waals surface area contributed by atoms with Crippen molar-refractivity contribution in [2.75, 3.05) is 5.33 Å². The smallest absolute Gasteiger partial charge is 0.173 e. The monoisotopic (exact) mass is 297 g/mol. The Balaban J connectivity index is 1.74. The van der Waals surface area contributed by atoms with E-state index in [1.807, 2.05) is 10.9 Å². The van der Waals surface area contributed by atoms with Crippen molar-refractivity contribution in [3.05, 3.63) is 17.7 Å². The summed E-state index contributed by atoms with van der Waals surface area (Å²) in [6, 6.07) is 0.491. The largest absolute Gasteiger partial charge is 0.245 e. The zero-order valence-electron chi connectivity index (χ0n) is 9.20. The molecule has 0 atom stereocenters. The lowest BCUT2D eigenvalue weighted by atomic mass is 10.4. The predicted molar refractivity (Wildman–Crippen MR) is 62.7 cm³/mol. The average molecular weight is 298 g/mol. The normalized spacial score (nSPS) is 15.4. The number of hydrogen-bond donors (Lipinski definition) is 0. The zero-order chi connectivity index (χ0) is 11.7. The van der Waals surface area contributed by atoms with Gasteiger partial charge in [0, 0.05) is 17.9 Å². The maximum Gasteiger partial charge on any atom is 0.173 e. The minimum absolute atomic E-state index is 0.491. The Kier molecular flexibility index (Phi) is 2.87. The summed E-state index contributed by atoms with van der Waals surface area (Å²) in [6.45, 7) is 0.582. The van der Waals surface area contributed by atoms with Crippen LogP contribution in [0.1, 0.15) is 30.4 Å². The second kappa shape index (κ2) is 4.52. The Hall–Kier alpha value is -1.31. The van der Waals surface area contributed by atoms with Gasteiger partial charge < -0.3 is 0 Å². The van der Waals surface area contributed by atoms with E-state index in [-0.39, 0.29) is 0 Å². The molecular formula is C9H12BrN7. The molecule has 0 amide bonds. The molecule has 1 saturated carbocycles. The molecule has 2 heterocycles. The fraction of sp³-hybridized carbons (Fsp3) is 0.667. The van der Waals surface area contributed by atoms with Crippen molar-refractivity contribution < 1.29 is 0 Å². The summed E-state index contributed by atoms with van der Waals surface area (Å²) in [4.78, 5) is 0. The Bertz CT molecular complexity index is 501. The molecule has 0 aromatic carbocycles. The zero-order valence-corrected chi connectivity index (χ0v) is 10.8. The third kappa shape index (κ3) is 2.36. The second-order valence-corrected chi connectivity index (χ2v) is 4.91. The third-order valence-corrected chi connectivity index (χ3v) is 3.09. The molecule has 1 fully saturated rings. The first-order valence-electron chi connectivity index (χ1n) is 5.58. The number of aryl methyl sites for hydroxylation is 1. The average Bonchev–Trinajstić information content (AvgIpc) is 2.91. The predicted octanol–water partition coefficient (Wildman–Crippen LogP) is 0.585. The molecule has 0 unspecified atom stereocenters. The van der Waals surface area contributed by atoms with Gasteiger partial charge in [0.1, 0.15) is 6.54 Å². The van der Waals surface area contributed by atoms with Gasteiger partial charge in [-0.2, -0.15) is 0 Å². The minimum atomic E-state index is 0.491. The number of halogens is 1. The van der Waals surface area contributed by atoms with Crippen molar-refractivity contribution >= 4 is 15.9 Å². The Labute approximate surface area is 106 Å².